The lowest BCUT2D eigenvalue weighted by atomic mass is 10.1. The summed E-state index contributed by atoms with van der Waals surface area (Å²) < 4.78 is 6.52. The minimum Gasteiger partial charge on any atom is -0.448 e. The van der Waals surface area contributed by atoms with E-state index in [2.05, 4.69) is 10.4 Å². The van der Waals surface area contributed by atoms with Crippen LogP contribution in [0.15, 0.2) is 59.4 Å². The molecule has 1 heterocycles. The van der Waals surface area contributed by atoms with Gasteiger partial charge < -0.3 is 10.1 Å². The third-order valence-corrected chi connectivity index (χ3v) is 4.15. The van der Waals surface area contributed by atoms with E-state index in [1.54, 1.807) is 48.5 Å². The number of amides is 1. The van der Waals surface area contributed by atoms with Crippen LogP contribution in [0.2, 0.25) is 0 Å². The van der Waals surface area contributed by atoms with Crippen molar-refractivity contribution in [3.05, 3.63) is 70.6 Å². The number of benzene rings is 2. The van der Waals surface area contributed by atoms with Crippen molar-refractivity contribution in [3.63, 3.8) is 0 Å². The highest BCUT2D eigenvalue weighted by molar-refractivity contribution is 6.03. The van der Waals surface area contributed by atoms with Crippen LogP contribution in [0.5, 0.6) is 0 Å². The number of aromatic nitrogens is 2. The molecule has 1 aromatic heterocycles. The van der Waals surface area contributed by atoms with E-state index in [0.717, 1.165) is 0 Å². The van der Waals surface area contributed by atoms with Crippen LogP contribution < -0.4 is 10.9 Å². The van der Waals surface area contributed by atoms with Crippen LogP contribution in [-0.2, 0) is 9.53 Å². The van der Waals surface area contributed by atoms with E-state index in [9.17, 15) is 14.4 Å². The van der Waals surface area contributed by atoms with Crippen molar-refractivity contribution in [1.82, 2.24) is 15.1 Å². The molecule has 150 valence electrons. The third kappa shape index (κ3) is 4.51. The van der Waals surface area contributed by atoms with Crippen LogP contribution in [0, 0.1) is 0 Å². The van der Waals surface area contributed by atoms with E-state index in [1.165, 1.54) is 11.6 Å². The van der Waals surface area contributed by atoms with Crippen molar-refractivity contribution in [2.24, 2.45) is 0 Å². The molecule has 0 spiro atoms. The van der Waals surface area contributed by atoms with E-state index >= 15 is 0 Å². The normalized spacial score (nSPS) is 12.4. The first-order chi connectivity index (χ1) is 13.7. The van der Waals surface area contributed by atoms with Crippen LogP contribution in [0.3, 0.4) is 0 Å². The molecule has 0 aliphatic heterocycles. The Balaban J connectivity index is 2.02. The summed E-state index contributed by atoms with van der Waals surface area (Å²) in [5.74, 6) is -1.19. The molecule has 0 saturated heterocycles. The second-order valence-electron chi connectivity index (χ2n) is 7.73. The lowest BCUT2D eigenvalue weighted by Crippen LogP contribution is -2.46. The average molecular weight is 393 g/mol. The molecule has 3 rings (SSSR count). The van der Waals surface area contributed by atoms with Gasteiger partial charge in [-0.15, -0.1) is 0 Å². The molecular weight excluding hydrogens is 370 g/mol. The minimum atomic E-state index is -1.01. The summed E-state index contributed by atoms with van der Waals surface area (Å²) in [6, 6.07) is 15.5. The maximum atomic E-state index is 12.9. The Bertz CT molecular complexity index is 1110. The summed E-state index contributed by atoms with van der Waals surface area (Å²) in [5.41, 5.74) is -0.305. The number of carbonyl (C=O) groups excluding carboxylic acids is 2. The number of hydrogen-bond acceptors (Lipinski definition) is 5. The Morgan fingerprint density at radius 1 is 1.00 bits per heavy atom. The zero-order valence-corrected chi connectivity index (χ0v) is 16.8. The number of para-hydroxylation sites is 1. The van der Waals surface area contributed by atoms with Gasteiger partial charge in [-0.2, -0.15) is 9.78 Å². The molecule has 29 heavy (non-hydrogen) atoms. The smallest absolute Gasteiger partial charge is 0.360 e. The average Bonchev–Trinajstić information content (AvgIpc) is 2.67. The van der Waals surface area contributed by atoms with E-state index in [1.807, 2.05) is 26.8 Å². The second kappa shape index (κ2) is 7.87. The highest BCUT2D eigenvalue weighted by Gasteiger charge is 2.25. The highest BCUT2D eigenvalue weighted by atomic mass is 16.5. The number of ether oxygens (including phenoxy) is 1. The first kappa shape index (κ1) is 20.3. The van der Waals surface area contributed by atoms with Crippen LogP contribution >= 0.6 is 0 Å². The maximum absolute atomic E-state index is 12.9. The summed E-state index contributed by atoms with van der Waals surface area (Å²) in [5, 5.41) is 7.73. The molecule has 1 atom stereocenters. The van der Waals surface area contributed by atoms with Crippen LogP contribution in [-0.4, -0.2) is 33.3 Å². The fraction of sp³-hybridized carbons (Fsp3) is 0.273. The number of nitrogens with zero attached hydrogens (tertiary/aromatic N) is 2. The molecular formula is C22H23N3O4. The fourth-order valence-corrected chi connectivity index (χ4v) is 2.83. The zero-order valence-electron chi connectivity index (χ0n) is 16.8. The minimum absolute atomic E-state index is 0.0283. The molecule has 0 unspecified atom stereocenters. The molecule has 0 saturated carbocycles. The summed E-state index contributed by atoms with van der Waals surface area (Å²) in [6.07, 6.45) is -1.01. The van der Waals surface area contributed by atoms with Gasteiger partial charge in [-0.05, 0) is 45.9 Å². The largest absolute Gasteiger partial charge is 0.448 e. The van der Waals surface area contributed by atoms with Crippen LogP contribution in [0.25, 0.3) is 16.5 Å². The molecule has 1 amide bonds. The quantitative estimate of drug-likeness (QED) is 0.689. The van der Waals surface area contributed by atoms with E-state index < -0.39 is 23.5 Å². The summed E-state index contributed by atoms with van der Waals surface area (Å²) in [7, 11) is 0. The van der Waals surface area contributed by atoms with E-state index in [-0.39, 0.29) is 11.3 Å². The second-order valence-corrected chi connectivity index (χ2v) is 7.73. The maximum Gasteiger partial charge on any atom is 0.360 e. The molecule has 0 radical (unpaired) electrons. The fourth-order valence-electron chi connectivity index (χ4n) is 2.83. The predicted octanol–water partition coefficient (Wildman–Crippen LogP) is 2.85. The van der Waals surface area contributed by atoms with Crippen molar-refractivity contribution >= 4 is 22.6 Å². The van der Waals surface area contributed by atoms with Crippen LogP contribution in [0.1, 0.15) is 38.2 Å². The summed E-state index contributed by atoms with van der Waals surface area (Å²) in [6.45, 7) is 7.01. The van der Waals surface area contributed by atoms with Crippen molar-refractivity contribution in [3.8, 4) is 5.69 Å². The zero-order chi connectivity index (χ0) is 21.2. The molecule has 1 N–H and O–H groups in total. The predicted molar refractivity (Wildman–Crippen MR) is 110 cm³/mol. The van der Waals surface area contributed by atoms with Gasteiger partial charge in [0.25, 0.3) is 11.5 Å². The van der Waals surface area contributed by atoms with Gasteiger partial charge in [0.05, 0.1) is 11.1 Å². The SMILES string of the molecule is C[C@@H](OC(=O)c1nn(-c2ccccc2)c(=O)c2ccccc12)C(=O)NC(C)(C)C. The van der Waals surface area contributed by atoms with E-state index in [0.29, 0.717) is 16.5 Å². The lowest BCUT2D eigenvalue weighted by molar-refractivity contribution is -0.130. The molecule has 7 nitrogen and oxygen atoms in total. The number of esters is 1. The van der Waals surface area contributed by atoms with Gasteiger partial charge in [0.1, 0.15) is 0 Å². The topological polar surface area (TPSA) is 90.3 Å². The monoisotopic (exact) mass is 393 g/mol. The van der Waals surface area contributed by atoms with E-state index in [4.69, 9.17) is 4.74 Å². The van der Waals surface area contributed by atoms with Crippen molar-refractivity contribution in [2.75, 3.05) is 0 Å². The van der Waals surface area contributed by atoms with Crippen molar-refractivity contribution < 1.29 is 14.3 Å². The number of nitrogens with one attached hydrogen (secondary N) is 1. The number of fused-ring (bicyclic) bond motifs is 1. The highest BCUT2D eigenvalue weighted by Crippen LogP contribution is 2.17. The molecule has 3 aromatic rings. The lowest BCUT2D eigenvalue weighted by Gasteiger charge is -2.23. The van der Waals surface area contributed by atoms with Gasteiger partial charge >= 0.3 is 5.97 Å². The first-order valence-electron chi connectivity index (χ1n) is 9.28. The first-order valence-corrected chi connectivity index (χ1v) is 9.28. The van der Waals surface area contributed by atoms with Crippen molar-refractivity contribution in [2.45, 2.75) is 39.3 Å². The Morgan fingerprint density at radius 2 is 1.59 bits per heavy atom. The summed E-state index contributed by atoms with van der Waals surface area (Å²) >= 11 is 0. The van der Waals surface area contributed by atoms with Crippen molar-refractivity contribution in [1.29, 1.82) is 0 Å². The van der Waals surface area contributed by atoms with Gasteiger partial charge in [-0.3, -0.25) is 9.59 Å². The van der Waals surface area contributed by atoms with Gasteiger partial charge in [-0.25, -0.2) is 4.79 Å². The molecule has 0 aliphatic rings. The Kier molecular flexibility index (Phi) is 5.50. The molecule has 0 bridgehead atoms. The number of hydrogen-bond donors (Lipinski definition) is 1. The van der Waals surface area contributed by atoms with Gasteiger partial charge in [0, 0.05) is 10.9 Å². The Labute approximate surface area is 168 Å². The Morgan fingerprint density at radius 3 is 2.21 bits per heavy atom. The van der Waals surface area contributed by atoms with Gasteiger partial charge in [-0.1, -0.05) is 36.4 Å². The van der Waals surface area contributed by atoms with Gasteiger partial charge in [0.15, 0.2) is 11.8 Å². The molecule has 0 fully saturated rings. The standard InChI is InChI=1S/C22H23N3O4/c1-14(19(26)23-22(2,3)4)29-21(28)18-16-12-8-9-13-17(16)20(27)25(24-18)15-10-6-5-7-11-15/h5-14H,1-4H3,(H,23,26)/t14-/m1/s1. The molecule has 0 aliphatic carbocycles. The Hall–Kier alpha value is -3.48. The summed E-state index contributed by atoms with van der Waals surface area (Å²) in [4.78, 5) is 38.0. The number of rotatable bonds is 4. The van der Waals surface area contributed by atoms with Gasteiger partial charge in [0.2, 0.25) is 0 Å². The van der Waals surface area contributed by atoms with Crippen LogP contribution in [0.4, 0.5) is 0 Å². The molecule has 2 aromatic carbocycles. The number of carbonyl (C=O) groups is 2. The third-order valence-electron chi connectivity index (χ3n) is 4.15. The molecule has 7 heteroatoms.